The van der Waals surface area contributed by atoms with Crippen LogP contribution in [-0.2, 0) is 4.79 Å². The number of amides is 1. The summed E-state index contributed by atoms with van der Waals surface area (Å²) in [5.74, 6) is 1.01. The van der Waals surface area contributed by atoms with Crippen LogP contribution in [0.1, 0.15) is 11.5 Å². The van der Waals surface area contributed by atoms with E-state index in [2.05, 4.69) is 9.89 Å². The molecule has 2 aliphatic heterocycles. The van der Waals surface area contributed by atoms with Gasteiger partial charge >= 0.3 is 0 Å². The second-order valence-corrected chi connectivity index (χ2v) is 7.19. The first-order valence-electron chi connectivity index (χ1n) is 8.43. The summed E-state index contributed by atoms with van der Waals surface area (Å²) in [7, 11) is 0. The van der Waals surface area contributed by atoms with E-state index in [-0.39, 0.29) is 11.7 Å². The van der Waals surface area contributed by atoms with Gasteiger partial charge < -0.3 is 14.2 Å². The summed E-state index contributed by atoms with van der Waals surface area (Å²) in [6.45, 7) is 4.63. The van der Waals surface area contributed by atoms with Crippen LogP contribution >= 0.6 is 11.8 Å². The molecular formula is C19H18FN3O2S. The molecule has 0 atom stereocenters. The maximum absolute atomic E-state index is 13.9. The molecule has 3 heterocycles. The molecule has 0 bridgehead atoms. The molecule has 4 rings (SSSR count). The van der Waals surface area contributed by atoms with Gasteiger partial charge in [-0.3, -0.25) is 4.79 Å². The van der Waals surface area contributed by atoms with E-state index in [9.17, 15) is 9.18 Å². The van der Waals surface area contributed by atoms with Gasteiger partial charge in [0.1, 0.15) is 17.3 Å². The van der Waals surface area contributed by atoms with Crippen molar-refractivity contribution in [2.45, 2.75) is 6.92 Å². The number of rotatable bonds is 2. The lowest BCUT2D eigenvalue weighted by molar-refractivity contribution is -0.113. The fourth-order valence-corrected chi connectivity index (χ4v) is 3.99. The Balaban J connectivity index is 1.41. The van der Waals surface area contributed by atoms with Crippen LogP contribution < -0.4 is 4.90 Å². The van der Waals surface area contributed by atoms with E-state index < -0.39 is 0 Å². The van der Waals surface area contributed by atoms with E-state index in [4.69, 9.17) is 4.42 Å². The van der Waals surface area contributed by atoms with Crippen molar-refractivity contribution in [2.24, 2.45) is 4.99 Å². The Labute approximate surface area is 155 Å². The SMILES string of the molecule is Cc1ccc(/C=C2\SC(N3CCN(c4ccccc4F)CC3)=NC2=O)o1. The lowest BCUT2D eigenvalue weighted by Gasteiger charge is -2.36. The smallest absolute Gasteiger partial charge is 0.286 e. The summed E-state index contributed by atoms with van der Waals surface area (Å²) >= 11 is 1.36. The van der Waals surface area contributed by atoms with Gasteiger partial charge in [0, 0.05) is 32.3 Å². The van der Waals surface area contributed by atoms with Crippen molar-refractivity contribution in [2.75, 3.05) is 31.1 Å². The van der Waals surface area contributed by atoms with Gasteiger partial charge in [-0.05, 0) is 43.0 Å². The number of hydrogen-bond acceptors (Lipinski definition) is 5. The fraction of sp³-hybridized carbons (Fsp3) is 0.263. The zero-order chi connectivity index (χ0) is 18.1. The minimum absolute atomic E-state index is 0.206. The van der Waals surface area contributed by atoms with Crippen molar-refractivity contribution in [3.8, 4) is 0 Å². The Morgan fingerprint density at radius 1 is 1.12 bits per heavy atom. The normalized spacial score (nSPS) is 19.4. The molecule has 134 valence electrons. The Hall–Kier alpha value is -2.54. The number of thioether (sulfide) groups is 1. The van der Waals surface area contributed by atoms with Crippen LogP contribution in [0.25, 0.3) is 6.08 Å². The predicted octanol–water partition coefficient (Wildman–Crippen LogP) is 3.52. The summed E-state index contributed by atoms with van der Waals surface area (Å²) in [4.78, 5) is 21.0. The Kier molecular flexibility index (Phi) is 4.55. The van der Waals surface area contributed by atoms with Gasteiger partial charge in [-0.25, -0.2) is 4.39 Å². The number of para-hydroxylation sites is 1. The van der Waals surface area contributed by atoms with Gasteiger partial charge in [0.15, 0.2) is 5.17 Å². The molecule has 5 nitrogen and oxygen atoms in total. The summed E-state index contributed by atoms with van der Waals surface area (Å²) in [6, 6.07) is 10.5. The highest BCUT2D eigenvalue weighted by Gasteiger charge is 2.29. The number of carbonyl (C=O) groups is 1. The number of carbonyl (C=O) groups excluding carboxylic acids is 1. The van der Waals surface area contributed by atoms with Crippen molar-refractivity contribution in [1.82, 2.24) is 4.90 Å². The molecule has 1 fully saturated rings. The summed E-state index contributed by atoms with van der Waals surface area (Å²) in [5, 5.41) is 0.706. The van der Waals surface area contributed by atoms with E-state index in [1.807, 2.05) is 30.0 Å². The third-order valence-electron chi connectivity index (χ3n) is 4.39. The van der Waals surface area contributed by atoms with Gasteiger partial charge in [-0.1, -0.05) is 12.1 Å². The summed E-state index contributed by atoms with van der Waals surface area (Å²) in [6.07, 6.45) is 1.73. The number of nitrogens with zero attached hydrogens (tertiary/aromatic N) is 3. The molecule has 1 aromatic carbocycles. The van der Waals surface area contributed by atoms with E-state index >= 15 is 0 Å². The lowest BCUT2D eigenvalue weighted by Crippen LogP contribution is -2.48. The van der Waals surface area contributed by atoms with Gasteiger partial charge in [0.05, 0.1) is 10.6 Å². The maximum Gasteiger partial charge on any atom is 0.286 e. The summed E-state index contributed by atoms with van der Waals surface area (Å²) < 4.78 is 19.4. The number of anilines is 1. The van der Waals surface area contributed by atoms with E-state index in [1.54, 1.807) is 18.2 Å². The highest BCUT2D eigenvalue weighted by molar-refractivity contribution is 8.18. The average molecular weight is 371 g/mol. The molecule has 1 aromatic heterocycles. The number of hydrogen-bond donors (Lipinski definition) is 0. The number of halogens is 1. The minimum Gasteiger partial charge on any atom is -0.462 e. The molecule has 2 aliphatic rings. The van der Waals surface area contributed by atoms with Gasteiger partial charge in [-0.2, -0.15) is 4.99 Å². The lowest BCUT2D eigenvalue weighted by atomic mass is 10.2. The number of benzene rings is 1. The molecule has 0 aliphatic carbocycles. The van der Waals surface area contributed by atoms with Gasteiger partial charge in [0.2, 0.25) is 0 Å². The fourth-order valence-electron chi connectivity index (χ4n) is 3.04. The quantitative estimate of drug-likeness (QED) is 0.756. The highest BCUT2D eigenvalue weighted by atomic mass is 32.2. The molecule has 1 saturated heterocycles. The van der Waals surface area contributed by atoms with Crippen LogP contribution in [0.5, 0.6) is 0 Å². The largest absolute Gasteiger partial charge is 0.462 e. The number of aliphatic imine (C=N–C) groups is 1. The third-order valence-corrected chi connectivity index (χ3v) is 5.43. The zero-order valence-electron chi connectivity index (χ0n) is 14.3. The molecule has 7 heteroatoms. The average Bonchev–Trinajstić information content (AvgIpc) is 3.22. The predicted molar refractivity (Wildman–Crippen MR) is 102 cm³/mol. The van der Waals surface area contributed by atoms with Crippen LogP contribution in [0.15, 0.2) is 50.7 Å². The van der Waals surface area contributed by atoms with E-state index in [0.717, 1.165) is 5.76 Å². The maximum atomic E-state index is 13.9. The highest BCUT2D eigenvalue weighted by Crippen LogP contribution is 2.31. The first kappa shape index (κ1) is 16.9. The van der Waals surface area contributed by atoms with Crippen molar-refractivity contribution in [1.29, 1.82) is 0 Å². The molecule has 0 spiro atoms. The zero-order valence-corrected chi connectivity index (χ0v) is 15.1. The van der Waals surface area contributed by atoms with Crippen molar-refractivity contribution >= 4 is 34.6 Å². The van der Waals surface area contributed by atoms with Gasteiger partial charge in [0.25, 0.3) is 5.91 Å². The van der Waals surface area contributed by atoms with Crippen LogP contribution in [0.2, 0.25) is 0 Å². The Morgan fingerprint density at radius 3 is 2.54 bits per heavy atom. The van der Waals surface area contributed by atoms with Crippen LogP contribution in [0.3, 0.4) is 0 Å². The molecule has 2 aromatic rings. The minimum atomic E-state index is -0.240. The van der Waals surface area contributed by atoms with E-state index in [1.165, 1.54) is 17.8 Å². The second kappa shape index (κ2) is 6.99. The molecular weight excluding hydrogens is 353 g/mol. The van der Waals surface area contributed by atoms with Crippen LogP contribution in [-0.4, -0.2) is 42.2 Å². The number of furan rings is 1. The van der Waals surface area contributed by atoms with Crippen molar-refractivity contribution in [3.63, 3.8) is 0 Å². The number of amidine groups is 1. The van der Waals surface area contributed by atoms with Crippen LogP contribution in [0.4, 0.5) is 10.1 Å². The molecule has 26 heavy (non-hydrogen) atoms. The van der Waals surface area contributed by atoms with Gasteiger partial charge in [-0.15, -0.1) is 0 Å². The second-order valence-electron chi connectivity index (χ2n) is 6.18. The Morgan fingerprint density at radius 2 is 1.85 bits per heavy atom. The van der Waals surface area contributed by atoms with Crippen molar-refractivity contribution in [3.05, 3.63) is 58.6 Å². The van der Waals surface area contributed by atoms with E-state index in [0.29, 0.717) is 47.7 Å². The third kappa shape index (κ3) is 3.39. The topological polar surface area (TPSA) is 49.0 Å². The Bertz CT molecular complexity index is 898. The molecule has 0 unspecified atom stereocenters. The summed E-state index contributed by atoms with van der Waals surface area (Å²) in [5.41, 5.74) is 0.623. The molecule has 0 radical (unpaired) electrons. The standard InChI is InChI=1S/C19H18FN3O2S/c1-13-6-7-14(25-13)12-17-18(24)21-19(26-17)23-10-8-22(9-11-23)16-5-3-2-4-15(16)20/h2-7,12H,8-11H2,1H3/b17-12-. The molecule has 1 amide bonds. The molecule has 0 saturated carbocycles. The first-order chi connectivity index (χ1) is 12.6. The number of aryl methyl sites for hydroxylation is 1. The number of piperazine rings is 1. The molecule has 0 N–H and O–H groups in total. The monoisotopic (exact) mass is 371 g/mol. The van der Waals surface area contributed by atoms with Crippen molar-refractivity contribution < 1.29 is 13.6 Å². The van der Waals surface area contributed by atoms with Crippen LogP contribution in [0, 0.1) is 12.7 Å². The first-order valence-corrected chi connectivity index (χ1v) is 9.25.